The largest absolute Gasteiger partial charge is 0.354 e. The second kappa shape index (κ2) is 18.5. The average molecular weight is 1140 g/mol. The molecule has 298 valence electrons. The molecule has 8 heteroatoms. The highest BCUT2D eigenvalue weighted by Crippen LogP contribution is 2.39. The Balaban J connectivity index is 0.000000132. The summed E-state index contributed by atoms with van der Waals surface area (Å²) in [6, 6.07) is 68.0. The number of hydrogen-bond donors (Lipinski definition) is 1. The van der Waals surface area contributed by atoms with Gasteiger partial charge in [0.1, 0.15) is 0 Å². The molecule has 0 radical (unpaired) electrons. The number of nitrogens with zero attached hydrogens (tertiary/aromatic N) is 3. The maximum atomic E-state index is 3.65. The molecular weight excluding hydrogens is 1110 g/mol. The van der Waals surface area contributed by atoms with Gasteiger partial charge < -0.3 is 41.3 Å². The zero-order valence-electron chi connectivity index (χ0n) is 32.7. The van der Waals surface area contributed by atoms with E-state index in [9.17, 15) is 0 Å². The highest BCUT2D eigenvalue weighted by atomic mass is 127. The van der Waals surface area contributed by atoms with Crippen molar-refractivity contribution >= 4 is 142 Å². The summed E-state index contributed by atoms with van der Waals surface area (Å²) >= 11 is 11.4. The molecule has 0 aliphatic carbocycles. The van der Waals surface area contributed by atoms with E-state index in [1.807, 2.05) is 46.9 Å². The Morgan fingerprint density at radius 1 is 0.410 bits per heavy atom. The van der Waals surface area contributed by atoms with Crippen molar-refractivity contribution in [3.63, 3.8) is 0 Å². The van der Waals surface area contributed by atoms with E-state index in [0.29, 0.717) is 0 Å². The van der Waals surface area contributed by atoms with Crippen LogP contribution in [-0.2, 0) is 0 Å². The molecule has 12 aromatic rings. The van der Waals surface area contributed by atoms with Gasteiger partial charge in [-0.15, -0.1) is 0 Å². The second-order valence-corrected chi connectivity index (χ2v) is 17.4. The zero-order chi connectivity index (χ0) is 41.9. The van der Waals surface area contributed by atoms with Gasteiger partial charge in [-0.1, -0.05) is 117 Å². The van der Waals surface area contributed by atoms with Crippen LogP contribution in [0, 0.1) is 8.50 Å². The standard InChI is InChI=1S/C26H17BrN2.C20H13BrN2.C6H5I.CH2I/c27-18-11-13-25-23(17-18)21-12-14-24-22(15-16-28(24)19-7-3-1-4-8-19)26(21)29(25)20-9-5-2-6-10-20;21-13-6-8-18-17(12-13)15-7-9-19-16(20(15)22-18)10-11-23(19)14-4-2-1-3-5-14;7-6-4-2-1-3-5-6;1-2/h1-17H;1-12,22H;1-5H;1H2/q;;;-1. The molecule has 0 aliphatic rings. The molecule has 0 spiro atoms. The summed E-state index contributed by atoms with van der Waals surface area (Å²) in [6.07, 6.45) is 4.31. The Hall–Kier alpha value is -5.14. The number of aromatic amines is 1. The van der Waals surface area contributed by atoms with Gasteiger partial charge in [0.25, 0.3) is 0 Å². The Morgan fingerprint density at radius 3 is 1.46 bits per heavy atom. The van der Waals surface area contributed by atoms with E-state index in [1.54, 1.807) is 0 Å². The average Bonchev–Trinajstić information content (AvgIpc) is 4.10. The van der Waals surface area contributed by atoms with E-state index in [2.05, 4.69) is 260 Å². The van der Waals surface area contributed by atoms with Crippen molar-refractivity contribution in [1.82, 2.24) is 18.7 Å². The fourth-order valence-corrected chi connectivity index (χ4v) is 9.28. The molecule has 61 heavy (non-hydrogen) atoms. The lowest BCUT2D eigenvalue weighted by atomic mass is 10.1. The number of nitrogens with one attached hydrogen (secondary N) is 1. The van der Waals surface area contributed by atoms with E-state index in [4.69, 9.17) is 0 Å². The highest BCUT2D eigenvalue weighted by molar-refractivity contribution is 14.1. The maximum Gasteiger partial charge on any atom is 0.0635 e. The lowest BCUT2D eigenvalue weighted by molar-refractivity contribution is 1.13. The molecule has 0 saturated carbocycles. The van der Waals surface area contributed by atoms with Crippen LogP contribution in [0.1, 0.15) is 0 Å². The number of benzene rings is 8. The van der Waals surface area contributed by atoms with Gasteiger partial charge in [-0.3, -0.25) is 4.93 Å². The molecule has 0 atom stereocenters. The maximum absolute atomic E-state index is 3.65. The third-order valence-corrected chi connectivity index (χ3v) is 12.5. The number of fused-ring (bicyclic) bond motifs is 10. The van der Waals surface area contributed by atoms with Crippen molar-refractivity contribution in [1.29, 1.82) is 0 Å². The molecule has 4 nitrogen and oxygen atoms in total. The fraction of sp³-hybridized carbons (Fsp3) is 0. The Morgan fingerprint density at radius 2 is 0.885 bits per heavy atom. The van der Waals surface area contributed by atoms with Crippen LogP contribution in [0.25, 0.3) is 82.5 Å². The number of halogens is 4. The predicted molar refractivity (Wildman–Crippen MR) is 284 cm³/mol. The summed E-state index contributed by atoms with van der Waals surface area (Å²) in [4.78, 5) is 6.80. The van der Waals surface area contributed by atoms with Crippen molar-refractivity contribution in [2.24, 2.45) is 0 Å². The minimum Gasteiger partial charge on any atom is -0.354 e. The summed E-state index contributed by atoms with van der Waals surface area (Å²) in [5.41, 5.74) is 10.8. The molecule has 4 heterocycles. The molecule has 0 unspecified atom stereocenters. The minimum absolute atomic E-state index is 1.10. The summed E-state index contributed by atoms with van der Waals surface area (Å²) in [5, 5.41) is 7.54. The first-order valence-corrected chi connectivity index (χ1v) is 23.8. The molecule has 12 rings (SSSR count). The summed E-state index contributed by atoms with van der Waals surface area (Å²) in [6.45, 7) is 0. The van der Waals surface area contributed by atoms with Crippen molar-refractivity contribution in [2.75, 3.05) is 0 Å². The smallest absolute Gasteiger partial charge is 0.0635 e. The first-order chi connectivity index (χ1) is 30.0. The monoisotopic (exact) mass is 1140 g/mol. The first kappa shape index (κ1) is 41.2. The lowest BCUT2D eigenvalue weighted by Gasteiger charge is -2.09. The minimum atomic E-state index is 1.10. The van der Waals surface area contributed by atoms with Crippen LogP contribution in [0.3, 0.4) is 0 Å². The van der Waals surface area contributed by atoms with Crippen LogP contribution < -0.4 is 0 Å². The van der Waals surface area contributed by atoms with Gasteiger partial charge in [0, 0.05) is 79.8 Å². The van der Waals surface area contributed by atoms with Gasteiger partial charge in [0.2, 0.25) is 0 Å². The quantitative estimate of drug-likeness (QED) is 0.135. The van der Waals surface area contributed by atoms with Gasteiger partial charge >= 0.3 is 0 Å². The van der Waals surface area contributed by atoms with Gasteiger partial charge in [-0.2, -0.15) is 0 Å². The van der Waals surface area contributed by atoms with E-state index in [-0.39, 0.29) is 0 Å². The van der Waals surface area contributed by atoms with E-state index in [0.717, 1.165) is 8.95 Å². The third kappa shape index (κ3) is 8.18. The second-order valence-electron chi connectivity index (χ2n) is 14.3. The van der Waals surface area contributed by atoms with Crippen LogP contribution >= 0.6 is 77.0 Å². The number of H-pyrrole nitrogens is 1. The van der Waals surface area contributed by atoms with Gasteiger partial charge in [0.05, 0.1) is 27.6 Å². The van der Waals surface area contributed by atoms with E-state index < -0.39 is 0 Å². The number of rotatable bonds is 3. The molecule has 1 N–H and O–H groups in total. The molecule has 0 amide bonds. The summed E-state index contributed by atoms with van der Waals surface area (Å²) in [7, 11) is 0. The van der Waals surface area contributed by atoms with Gasteiger partial charge in [-0.05, 0) is 132 Å². The van der Waals surface area contributed by atoms with Gasteiger partial charge in [0.15, 0.2) is 0 Å². The molecule has 0 saturated heterocycles. The van der Waals surface area contributed by atoms with Crippen molar-refractivity contribution < 1.29 is 0 Å². The zero-order valence-corrected chi connectivity index (χ0v) is 40.2. The molecule has 0 bridgehead atoms. The fourth-order valence-electron chi connectivity index (χ4n) is 8.15. The Labute approximate surface area is 398 Å². The summed E-state index contributed by atoms with van der Waals surface area (Å²) in [5.74, 6) is 0. The van der Waals surface area contributed by atoms with Crippen molar-refractivity contribution in [3.05, 3.63) is 224 Å². The highest BCUT2D eigenvalue weighted by Gasteiger charge is 2.17. The van der Waals surface area contributed by atoms with E-state index >= 15 is 0 Å². The normalized spacial score (nSPS) is 11.0. The van der Waals surface area contributed by atoms with Crippen LogP contribution in [0.4, 0.5) is 0 Å². The molecule has 0 aliphatic heterocycles. The van der Waals surface area contributed by atoms with Gasteiger partial charge in [-0.25, -0.2) is 0 Å². The third-order valence-electron chi connectivity index (χ3n) is 10.8. The van der Waals surface area contributed by atoms with E-state index in [1.165, 1.54) is 86.0 Å². The van der Waals surface area contributed by atoms with Crippen LogP contribution in [0.15, 0.2) is 215 Å². The number of hydrogen-bond acceptors (Lipinski definition) is 0. The summed E-state index contributed by atoms with van der Waals surface area (Å²) < 4.78 is 10.4. The van der Waals surface area contributed by atoms with Crippen LogP contribution in [-0.4, -0.2) is 18.7 Å². The molecular formula is C53H37Br2I2N4-. The number of aromatic nitrogens is 4. The molecule has 4 aromatic heterocycles. The first-order valence-electron chi connectivity index (χ1n) is 19.6. The Kier molecular flexibility index (Phi) is 12.5. The van der Waals surface area contributed by atoms with Crippen LogP contribution in [0.2, 0.25) is 0 Å². The predicted octanol–water partition coefficient (Wildman–Crippen LogP) is 17.0. The van der Waals surface area contributed by atoms with Crippen LogP contribution in [0.5, 0.6) is 0 Å². The molecule has 0 fully saturated rings. The topological polar surface area (TPSA) is 30.6 Å². The lowest BCUT2D eigenvalue weighted by Crippen LogP contribution is -1.94. The number of para-hydroxylation sites is 3. The van der Waals surface area contributed by atoms with Crippen molar-refractivity contribution in [2.45, 2.75) is 0 Å². The van der Waals surface area contributed by atoms with Crippen molar-refractivity contribution in [3.8, 4) is 17.1 Å². The Bertz CT molecular complexity index is 3410. The molecule has 8 aromatic carbocycles. The SMILES string of the molecule is Brc1ccc2[nH]c3c(ccc4c3ccn4-c3ccccc3)c2c1.Brc1ccc2c(c1)c1ccc3c(ccn3-c3ccccc3)c1n2-c1ccccc1.Ic1ccccc1.[CH2-]I.